The molecule has 1 atom stereocenters. The van der Waals surface area contributed by atoms with Crippen LogP contribution in [0, 0.1) is 0 Å². The molecule has 0 amide bonds. The lowest BCUT2D eigenvalue weighted by molar-refractivity contribution is -0.164. The van der Waals surface area contributed by atoms with Gasteiger partial charge in [-0.2, -0.15) is 0 Å². The van der Waals surface area contributed by atoms with E-state index < -0.39 is 11.9 Å². The highest BCUT2D eigenvalue weighted by atomic mass is 16.6. The summed E-state index contributed by atoms with van der Waals surface area (Å²) in [5, 5.41) is 0. The molecular formula is C17H20O3. The summed E-state index contributed by atoms with van der Waals surface area (Å²) in [6, 6.07) is 8.36. The molecule has 1 saturated carbocycles. The molecule has 3 rings (SSSR count). The van der Waals surface area contributed by atoms with Gasteiger partial charge in [0.05, 0.1) is 5.92 Å². The summed E-state index contributed by atoms with van der Waals surface area (Å²) in [6.45, 7) is 0. The van der Waals surface area contributed by atoms with Gasteiger partial charge in [0.2, 0.25) is 0 Å². The summed E-state index contributed by atoms with van der Waals surface area (Å²) in [4.78, 5) is 22.8. The Bertz CT molecular complexity index is 497. The van der Waals surface area contributed by atoms with Crippen LogP contribution < -0.4 is 0 Å². The van der Waals surface area contributed by atoms with E-state index in [4.69, 9.17) is 4.74 Å². The zero-order valence-corrected chi connectivity index (χ0v) is 11.6. The molecule has 1 aliphatic heterocycles. The highest BCUT2D eigenvalue weighted by Gasteiger charge is 2.30. The number of ether oxygens (including phenoxy) is 1. The molecule has 3 heteroatoms. The molecule has 0 unspecified atom stereocenters. The van der Waals surface area contributed by atoms with Crippen LogP contribution in [0.4, 0.5) is 0 Å². The van der Waals surface area contributed by atoms with Gasteiger partial charge in [0, 0.05) is 6.42 Å². The molecule has 0 radical (unpaired) electrons. The van der Waals surface area contributed by atoms with Gasteiger partial charge in [-0.15, -0.1) is 0 Å². The summed E-state index contributed by atoms with van der Waals surface area (Å²) < 4.78 is 4.72. The van der Waals surface area contributed by atoms with Gasteiger partial charge in [0.25, 0.3) is 0 Å². The monoisotopic (exact) mass is 272 g/mol. The molecule has 1 aliphatic carbocycles. The molecule has 0 bridgehead atoms. The third-order valence-electron chi connectivity index (χ3n) is 4.55. The van der Waals surface area contributed by atoms with Crippen LogP contribution >= 0.6 is 0 Å². The van der Waals surface area contributed by atoms with Crippen molar-refractivity contribution in [2.24, 2.45) is 0 Å². The fraction of sp³-hybridized carbons (Fsp3) is 0.529. The maximum atomic E-state index is 11.7. The summed E-state index contributed by atoms with van der Waals surface area (Å²) in [5.74, 6) is -0.387. The number of cyclic esters (lactones) is 2. The van der Waals surface area contributed by atoms with Crippen LogP contribution in [0.15, 0.2) is 24.3 Å². The molecule has 20 heavy (non-hydrogen) atoms. The van der Waals surface area contributed by atoms with Crippen molar-refractivity contribution in [3.05, 3.63) is 35.4 Å². The third kappa shape index (κ3) is 2.77. The maximum absolute atomic E-state index is 11.7. The Morgan fingerprint density at radius 2 is 1.50 bits per heavy atom. The summed E-state index contributed by atoms with van der Waals surface area (Å²) in [6.07, 6.45) is 7.46. The number of hydrogen-bond donors (Lipinski definition) is 0. The Labute approximate surface area is 119 Å². The van der Waals surface area contributed by atoms with Crippen LogP contribution in [0.1, 0.15) is 67.9 Å². The van der Waals surface area contributed by atoms with Crippen molar-refractivity contribution >= 4 is 11.9 Å². The van der Waals surface area contributed by atoms with E-state index in [9.17, 15) is 9.59 Å². The molecule has 1 saturated heterocycles. The topological polar surface area (TPSA) is 43.4 Å². The molecule has 1 heterocycles. The minimum absolute atomic E-state index is 0.270. The first-order chi connectivity index (χ1) is 9.74. The van der Waals surface area contributed by atoms with Crippen LogP contribution in [0.5, 0.6) is 0 Å². The number of esters is 2. The first kappa shape index (κ1) is 13.3. The molecule has 1 aromatic carbocycles. The van der Waals surface area contributed by atoms with Gasteiger partial charge in [0.1, 0.15) is 0 Å². The smallest absolute Gasteiger partial charge is 0.321 e. The lowest BCUT2D eigenvalue weighted by atomic mass is 9.83. The van der Waals surface area contributed by atoms with E-state index in [1.807, 2.05) is 12.1 Å². The van der Waals surface area contributed by atoms with E-state index in [0.29, 0.717) is 18.8 Å². The van der Waals surface area contributed by atoms with Crippen molar-refractivity contribution in [1.82, 2.24) is 0 Å². The van der Waals surface area contributed by atoms with Gasteiger partial charge in [-0.3, -0.25) is 9.59 Å². The van der Waals surface area contributed by atoms with Crippen LogP contribution in [-0.2, 0) is 14.3 Å². The van der Waals surface area contributed by atoms with Gasteiger partial charge >= 0.3 is 11.9 Å². The Morgan fingerprint density at radius 3 is 2.15 bits per heavy atom. The molecular weight excluding hydrogens is 252 g/mol. The van der Waals surface area contributed by atoms with Gasteiger partial charge in [-0.25, -0.2) is 0 Å². The molecule has 106 valence electrons. The third-order valence-corrected chi connectivity index (χ3v) is 4.55. The fourth-order valence-corrected chi connectivity index (χ4v) is 3.35. The van der Waals surface area contributed by atoms with Crippen molar-refractivity contribution in [2.45, 2.75) is 56.8 Å². The van der Waals surface area contributed by atoms with Gasteiger partial charge in [-0.05, 0) is 36.3 Å². The van der Waals surface area contributed by atoms with Gasteiger partial charge in [0.15, 0.2) is 0 Å². The van der Waals surface area contributed by atoms with Crippen molar-refractivity contribution in [3.8, 4) is 0 Å². The van der Waals surface area contributed by atoms with Crippen LogP contribution in [0.2, 0.25) is 0 Å². The average Bonchev–Trinajstić information content (AvgIpc) is 2.48. The average molecular weight is 272 g/mol. The molecule has 2 aliphatic rings. The van der Waals surface area contributed by atoms with Crippen LogP contribution in [-0.4, -0.2) is 11.9 Å². The quantitative estimate of drug-likeness (QED) is 0.609. The standard InChI is InChI=1S/C17H20O3/c18-16-11-10-15(17(19)20-16)14-8-6-13(7-9-14)12-4-2-1-3-5-12/h6-9,12,15H,1-5,10-11H2/t15-/m1/s1. The molecule has 2 fully saturated rings. The van der Waals surface area contributed by atoms with E-state index in [1.54, 1.807) is 0 Å². The largest absolute Gasteiger partial charge is 0.393 e. The lowest BCUT2D eigenvalue weighted by Gasteiger charge is -2.23. The molecule has 3 nitrogen and oxygen atoms in total. The van der Waals surface area contributed by atoms with E-state index in [1.165, 1.54) is 37.7 Å². The normalized spacial score (nSPS) is 24.5. The van der Waals surface area contributed by atoms with E-state index in [0.717, 1.165) is 5.56 Å². The Hall–Kier alpha value is -1.64. The zero-order chi connectivity index (χ0) is 13.9. The van der Waals surface area contributed by atoms with Crippen LogP contribution in [0.3, 0.4) is 0 Å². The fourth-order valence-electron chi connectivity index (χ4n) is 3.35. The van der Waals surface area contributed by atoms with Crippen molar-refractivity contribution < 1.29 is 14.3 Å². The highest BCUT2D eigenvalue weighted by molar-refractivity contribution is 5.92. The van der Waals surface area contributed by atoms with Crippen molar-refractivity contribution in [3.63, 3.8) is 0 Å². The van der Waals surface area contributed by atoms with Gasteiger partial charge in [-0.1, -0.05) is 43.5 Å². The Kier molecular flexibility index (Phi) is 3.86. The zero-order valence-electron chi connectivity index (χ0n) is 11.6. The minimum atomic E-state index is -0.398. The van der Waals surface area contributed by atoms with E-state index in [-0.39, 0.29) is 5.92 Å². The number of hydrogen-bond acceptors (Lipinski definition) is 3. The molecule has 1 aromatic rings. The second-order valence-electron chi connectivity index (χ2n) is 5.89. The molecule has 0 N–H and O–H groups in total. The second-order valence-corrected chi connectivity index (χ2v) is 5.89. The number of carbonyl (C=O) groups is 2. The number of carbonyl (C=O) groups excluding carboxylic acids is 2. The summed E-state index contributed by atoms with van der Waals surface area (Å²) in [5.41, 5.74) is 2.36. The second kappa shape index (κ2) is 5.78. The Balaban J connectivity index is 1.72. The van der Waals surface area contributed by atoms with E-state index in [2.05, 4.69) is 12.1 Å². The predicted octanol–water partition coefficient (Wildman–Crippen LogP) is 3.68. The first-order valence-electron chi connectivity index (χ1n) is 7.58. The van der Waals surface area contributed by atoms with Crippen molar-refractivity contribution in [1.29, 1.82) is 0 Å². The predicted molar refractivity (Wildman–Crippen MR) is 75.3 cm³/mol. The van der Waals surface area contributed by atoms with Crippen LogP contribution in [0.25, 0.3) is 0 Å². The number of benzene rings is 1. The van der Waals surface area contributed by atoms with Gasteiger partial charge < -0.3 is 4.74 Å². The summed E-state index contributed by atoms with van der Waals surface area (Å²) in [7, 11) is 0. The van der Waals surface area contributed by atoms with Crippen molar-refractivity contribution in [2.75, 3.05) is 0 Å². The lowest BCUT2D eigenvalue weighted by Crippen LogP contribution is -2.26. The highest BCUT2D eigenvalue weighted by Crippen LogP contribution is 2.34. The molecule has 0 aromatic heterocycles. The Morgan fingerprint density at radius 1 is 0.850 bits per heavy atom. The number of rotatable bonds is 2. The summed E-state index contributed by atoms with van der Waals surface area (Å²) >= 11 is 0. The minimum Gasteiger partial charge on any atom is -0.393 e. The maximum Gasteiger partial charge on any atom is 0.321 e. The first-order valence-corrected chi connectivity index (χ1v) is 7.58. The molecule has 0 spiro atoms. The SMILES string of the molecule is O=C1CC[C@H](c2ccc(C3CCCCC3)cc2)C(=O)O1. The van der Waals surface area contributed by atoms with E-state index >= 15 is 0 Å².